The number of furan rings is 1. The quantitative estimate of drug-likeness (QED) is 0.698. The Labute approximate surface area is 159 Å². The second-order valence-electron chi connectivity index (χ2n) is 6.75. The SMILES string of the molecule is CCc1c(C(=O)N2CCN(Cc3ccco3)CC2)cnn1-c1ccccc1. The number of hydrogen-bond donors (Lipinski definition) is 0. The number of para-hydroxylation sites is 1. The van der Waals surface area contributed by atoms with Gasteiger partial charge in [-0.25, -0.2) is 4.68 Å². The van der Waals surface area contributed by atoms with E-state index in [1.54, 1.807) is 12.5 Å². The summed E-state index contributed by atoms with van der Waals surface area (Å²) in [5.74, 6) is 1.04. The molecule has 140 valence electrons. The van der Waals surface area contributed by atoms with Crippen LogP contribution in [-0.4, -0.2) is 51.7 Å². The fraction of sp³-hybridized carbons (Fsp3) is 0.333. The summed E-state index contributed by atoms with van der Waals surface area (Å²) in [4.78, 5) is 17.3. The van der Waals surface area contributed by atoms with Crippen LogP contribution in [0, 0.1) is 0 Å². The second-order valence-corrected chi connectivity index (χ2v) is 6.75. The van der Waals surface area contributed by atoms with Crippen LogP contribution in [0.25, 0.3) is 5.69 Å². The Kier molecular flexibility index (Phi) is 5.07. The van der Waals surface area contributed by atoms with Crippen molar-refractivity contribution in [2.45, 2.75) is 19.9 Å². The van der Waals surface area contributed by atoms with Gasteiger partial charge in [-0.3, -0.25) is 9.69 Å². The van der Waals surface area contributed by atoms with E-state index in [9.17, 15) is 4.79 Å². The van der Waals surface area contributed by atoms with Crippen LogP contribution in [0.4, 0.5) is 0 Å². The monoisotopic (exact) mass is 364 g/mol. The molecule has 1 saturated heterocycles. The molecule has 0 radical (unpaired) electrons. The molecule has 4 rings (SSSR count). The molecule has 0 unspecified atom stereocenters. The fourth-order valence-electron chi connectivity index (χ4n) is 3.59. The Balaban J connectivity index is 1.45. The summed E-state index contributed by atoms with van der Waals surface area (Å²) < 4.78 is 7.30. The van der Waals surface area contributed by atoms with Crippen LogP contribution in [0.1, 0.15) is 28.7 Å². The summed E-state index contributed by atoms with van der Waals surface area (Å²) in [5, 5.41) is 4.48. The van der Waals surface area contributed by atoms with E-state index in [0.29, 0.717) is 5.56 Å². The molecule has 6 nitrogen and oxygen atoms in total. The molecule has 1 fully saturated rings. The molecule has 6 heteroatoms. The third-order valence-electron chi connectivity index (χ3n) is 5.05. The van der Waals surface area contributed by atoms with Crippen LogP contribution in [0.15, 0.2) is 59.3 Å². The molecule has 1 amide bonds. The number of carbonyl (C=O) groups is 1. The average Bonchev–Trinajstić information content (AvgIpc) is 3.38. The topological polar surface area (TPSA) is 54.5 Å². The summed E-state index contributed by atoms with van der Waals surface area (Å²) in [5.41, 5.74) is 2.65. The molecule has 1 aliphatic rings. The third-order valence-corrected chi connectivity index (χ3v) is 5.05. The van der Waals surface area contributed by atoms with E-state index in [1.165, 1.54) is 0 Å². The Morgan fingerprint density at radius 3 is 2.52 bits per heavy atom. The first-order valence-electron chi connectivity index (χ1n) is 9.42. The van der Waals surface area contributed by atoms with Crippen molar-refractivity contribution in [3.8, 4) is 5.69 Å². The highest BCUT2D eigenvalue weighted by atomic mass is 16.3. The van der Waals surface area contributed by atoms with Crippen LogP contribution in [0.5, 0.6) is 0 Å². The minimum Gasteiger partial charge on any atom is -0.468 e. The number of nitrogens with zero attached hydrogens (tertiary/aromatic N) is 4. The molecule has 0 saturated carbocycles. The number of carbonyl (C=O) groups excluding carboxylic acids is 1. The highest BCUT2D eigenvalue weighted by Crippen LogP contribution is 2.19. The van der Waals surface area contributed by atoms with Gasteiger partial charge in [-0.2, -0.15) is 5.10 Å². The summed E-state index contributed by atoms with van der Waals surface area (Å²) in [6, 6.07) is 13.9. The molecule has 27 heavy (non-hydrogen) atoms. The van der Waals surface area contributed by atoms with Crippen molar-refractivity contribution in [3.05, 3.63) is 71.9 Å². The third kappa shape index (κ3) is 3.66. The minimum atomic E-state index is 0.0756. The smallest absolute Gasteiger partial charge is 0.257 e. The van der Waals surface area contributed by atoms with Gasteiger partial charge in [0.05, 0.1) is 35.9 Å². The first-order valence-corrected chi connectivity index (χ1v) is 9.42. The summed E-state index contributed by atoms with van der Waals surface area (Å²) in [7, 11) is 0. The zero-order valence-electron chi connectivity index (χ0n) is 15.5. The molecule has 0 aliphatic carbocycles. The van der Waals surface area contributed by atoms with Crippen molar-refractivity contribution in [1.29, 1.82) is 0 Å². The number of rotatable bonds is 5. The Morgan fingerprint density at radius 2 is 1.85 bits per heavy atom. The van der Waals surface area contributed by atoms with E-state index in [-0.39, 0.29) is 5.91 Å². The van der Waals surface area contributed by atoms with Gasteiger partial charge in [0.25, 0.3) is 5.91 Å². The first-order chi connectivity index (χ1) is 13.3. The first kappa shape index (κ1) is 17.5. The Morgan fingerprint density at radius 1 is 1.07 bits per heavy atom. The Hall–Kier alpha value is -2.86. The molecule has 0 bridgehead atoms. The highest BCUT2D eigenvalue weighted by molar-refractivity contribution is 5.95. The summed E-state index contributed by atoms with van der Waals surface area (Å²) >= 11 is 0. The maximum absolute atomic E-state index is 13.1. The van der Waals surface area contributed by atoms with Gasteiger partial charge >= 0.3 is 0 Å². The summed E-state index contributed by atoms with van der Waals surface area (Å²) in [6.45, 7) is 6.00. The van der Waals surface area contributed by atoms with Crippen LogP contribution in [0.3, 0.4) is 0 Å². The normalized spacial score (nSPS) is 15.2. The van der Waals surface area contributed by atoms with Gasteiger partial charge in [-0.05, 0) is 30.7 Å². The number of piperazine rings is 1. The van der Waals surface area contributed by atoms with E-state index in [1.807, 2.05) is 52.0 Å². The molecule has 0 atom stereocenters. The van der Waals surface area contributed by atoms with Crippen molar-refractivity contribution in [3.63, 3.8) is 0 Å². The molecule has 0 N–H and O–H groups in total. The van der Waals surface area contributed by atoms with Crippen molar-refractivity contribution >= 4 is 5.91 Å². The predicted molar refractivity (Wildman–Crippen MR) is 103 cm³/mol. The number of benzene rings is 1. The molecule has 1 aliphatic heterocycles. The van der Waals surface area contributed by atoms with Crippen molar-refractivity contribution in [2.24, 2.45) is 0 Å². The van der Waals surface area contributed by atoms with Gasteiger partial charge in [-0.15, -0.1) is 0 Å². The zero-order valence-corrected chi connectivity index (χ0v) is 15.5. The lowest BCUT2D eigenvalue weighted by molar-refractivity contribution is 0.0619. The highest BCUT2D eigenvalue weighted by Gasteiger charge is 2.26. The average molecular weight is 364 g/mol. The fourth-order valence-corrected chi connectivity index (χ4v) is 3.59. The van der Waals surface area contributed by atoms with Gasteiger partial charge in [0.1, 0.15) is 5.76 Å². The van der Waals surface area contributed by atoms with Crippen molar-refractivity contribution < 1.29 is 9.21 Å². The van der Waals surface area contributed by atoms with Gasteiger partial charge in [0.15, 0.2) is 0 Å². The van der Waals surface area contributed by atoms with Crippen LogP contribution >= 0.6 is 0 Å². The van der Waals surface area contributed by atoms with Crippen LogP contribution in [0.2, 0.25) is 0 Å². The molecule has 3 heterocycles. The van der Waals surface area contributed by atoms with E-state index in [4.69, 9.17) is 4.42 Å². The second kappa shape index (κ2) is 7.80. The van der Waals surface area contributed by atoms with Gasteiger partial charge < -0.3 is 9.32 Å². The Bertz CT molecular complexity index is 878. The number of hydrogen-bond acceptors (Lipinski definition) is 4. The molecule has 0 spiro atoms. The molecular weight excluding hydrogens is 340 g/mol. The van der Waals surface area contributed by atoms with Gasteiger partial charge in [0.2, 0.25) is 0 Å². The zero-order chi connectivity index (χ0) is 18.6. The maximum atomic E-state index is 13.1. The van der Waals surface area contributed by atoms with E-state index >= 15 is 0 Å². The van der Waals surface area contributed by atoms with E-state index in [0.717, 1.165) is 56.3 Å². The summed E-state index contributed by atoms with van der Waals surface area (Å²) in [6.07, 6.45) is 4.17. The van der Waals surface area contributed by atoms with Crippen LogP contribution < -0.4 is 0 Å². The maximum Gasteiger partial charge on any atom is 0.257 e. The predicted octanol–water partition coefficient (Wildman–Crippen LogP) is 2.99. The molecular formula is C21H24N4O2. The number of amides is 1. The van der Waals surface area contributed by atoms with Gasteiger partial charge in [0, 0.05) is 26.2 Å². The lowest BCUT2D eigenvalue weighted by Crippen LogP contribution is -2.48. The largest absolute Gasteiger partial charge is 0.468 e. The van der Waals surface area contributed by atoms with Gasteiger partial charge in [-0.1, -0.05) is 25.1 Å². The van der Waals surface area contributed by atoms with Crippen molar-refractivity contribution in [2.75, 3.05) is 26.2 Å². The molecule has 2 aromatic heterocycles. The lowest BCUT2D eigenvalue weighted by Gasteiger charge is -2.34. The molecule has 1 aromatic carbocycles. The minimum absolute atomic E-state index is 0.0756. The van der Waals surface area contributed by atoms with E-state index < -0.39 is 0 Å². The van der Waals surface area contributed by atoms with Crippen molar-refractivity contribution in [1.82, 2.24) is 19.6 Å². The number of aromatic nitrogens is 2. The molecule has 3 aromatic rings. The lowest BCUT2D eigenvalue weighted by atomic mass is 10.1. The standard InChI is InChI=1S/C21H24N4O2/c1-2-20-19(15-22-25(20)17-7-4-3-5-8-17)21(26)24-12-10-23(11-13-24)16-18-9-6-14-27-18/h3-9,14-15H,2,10-13,16H2,1H3. The van der Waals surface area contributed by atoms with Crippen LogP contribution in [-0.2, 0) is 13.0 Å². The van der Waals surface area contributed by atoms with E-state index in [2.05, 4.69) is 16.9 Å².